The minimum atomic E-state index is -3.10. The molecule has 13 heavy (non-hydrogen) atoms. The predicted molar refractivity (Wildman–Crippen MR) is 54.8 cm³/mol. The lowest BCUT2D eigenvalue weighted by atomic mass is 10.3. The summed E-state index contributed by atoms with van der Waals surface area (Å²) in [5, 5.41) is 0. The van der Waals surface area contributed by atoms with Gasteiger partial charge in [0.25, 0.3) is 0 Å². The summed E-state index contributed by atoms with van der Waals surface area (Å²) < 4.78 is 24.9. The Balaban J connectivity index is 3.84. The first kappa shape index (κ1) is 12.6. The molecule has 0 aliphatic rings. The van der Waals surface area contributed by atoms with Crippen LogP contribution in [0, 0.1) is 5.92 Å². The standard InChI is InChI=1S/C8H18N2O2S/c1-8(2)7-13(11,12)10-6-4-3-5-9/h3-4,8,10H,5-7,9H2,1-2H3/b4-3+. The minimum absolute atomic E-state index is 0.149. The van der Waals surface area contributed by atoms with E-state index in [9.17, 15) is 8.42 Å². The van der Waals surface area contributed by atoms with E-state index >= 15 is 0 Å². The van der Waals surface area contributed by atoms with Gasteiger partial charge in [0.15, 0.2) is 0 Å². The van der Waals surface area contributed by atoms with E-state index in [1.807, 2.05) is 13.8 Å². The Kier molecular flexibility index (Phi) is 5.94. The predicted octanol–water partition coefficient (Wildman–Crippen LogP) is 0.0767. The maximum absolute atomic E-state index is 11.2. The molecule has 0 fully saturated rings. The number of rotatable bonds is 6. The van der Waals surface area contributed by atoms with Crippen LogP contribution in [-0.4, -0.2) is 27.3 Å². The van der Waals surface area contributed by atoms with Gasteiger partial charge < -0.3 is 5.73 Å². The highest BCUT2D eigenvalue weighted by molar-refractivity contribution is 7.89. The molecule has 5 heteroatoms. The second kappa shape index (κ2) is 6.12. The topological polar surface area (TPSA) is 72.2 Å². The van der Waals surface area contributed by atoms with Crippen LogP contribution in [0.2, 0.25) is 0 Å². The fourth-order valence-corrected chi connectivity index (χ4v) is 2.20. The zero-order chi connectivity index (χ0) is 10.3. The third kappa shape index (κ3) is 7.95. The molecule has 0 atom stereocenters. The molecule has 0 rings (SSSR count). The quantitative estimate of drug-likeness (QED) is 0.604. The summed E-state index contributed by atoms with van der Waals surface area (Å²) in [4.78, 5) is 0. The minimum Gasteiger partial charge on any atom is -0.327 e. The first-order valence-corrected chi connectivity index (χ1v) is 5.95. The fraction of sp³-hybridized carbons (Fsp3) is 0.750. The number of nitrogens with one attached hydrogen (secondary N) is 1. The molecule has 0 aliphatic carbocycles. The Morgan fingerprint density at radius 2 is 2.00 bits per heavy atom. The lowest BCUT2D eigenvalue weighted by Gasteiger charge is -2.06. The van der Waals surface area contributed by atoms with Crippen LogP contribution in [0.25, 0.3) is 0 Å². The molecule has 0 bridgehead atoms. The lowest BCUT2D eigenvalue weighted by Crippen LogP contribution is -2.28. The Bertz CT molecular complexity index is 245. The van der Waals surface area contributed by atoms with Crippen molar-refractivity contribution in [2.24, 2.45) is 11.7 Å². The van der Waals surface area contributed by atoms with Crippen LogP contribution in [0.1, 0.15) is 13.8 Å². The van der Waals surface area contributed by atoms with Gasteiger partial charge in [-0.3, -0.25) is 0 Å². The van der Waals surface area contributed by atoms with Gasteiger partial charge in [-0.15, -0.1) is 0 Å². The summed E-state index contributed by atoms with van der Waals surface area (Å²) in [5.41, 5.74) is 5.20. The highest BCUT2D eigenvalue weighted by atomic mass is 32.2. The van der Waals surface area contributed by atoms with Crippen molar-refractivity contribution in [3.63, 3.8) is 0 Å². The van der Waals surface area contributed by atoms with Gasteiger partial charge in [0, 0.05) is 13.1 Å². The van der Waals surface area contributed by atoms with Crippen LogP contribution in [0.5, 0.6) is 0 Å². The van der Waals surface area contributed by atoms with E-state index in [-0.39, 0.29) is 11.7 Å². The molecule has 3 N–H and O–H groups in total. The molecule has 0 aromatic heterocycles. The highest BCUT2D eigenvalue weighted by Gasteiger charge is 2.10. The van der Waals surface area contributed by atoms with Gasteiger partial charge in [-0.05, 0) is 5.92 Å². The number of hydrogen-bond acceptors (Lipinski definition) is 3. The smallest absolute Gasteiger partial charge is 0.212 e. The van der Waals surface area contributed by atoms with Crippen LogP contribution < -0.4 is 10.5 Å². The Morgan fingerprint density at radius 3 is 2.46 bits per heavy atom. The molecular weight excluding hydrogens is 188 g/mol. The van der Waals surface area contributed by atoms with Gasteiger partial charge >= 0.3 is 0 Å². The van der Waals surface area contributed by atoms with Crippen molar-refractivity contribution in [3.8, 4) is 0 Å². The van der Waals surface area contributed by atoms with Crippen LogP contribution >= 0.6 is 0 Å². The molecule has 4 nitrogen and oxygen atoms in total. The molecule has 0 aliphatic heterocycles. The molecular formula is C8H18N2O2S. The largest absolute Gasteiger partial charge is 0.327 e. The number of sulfonamides is 1. The third-order valence-electron chi connectivity index (χ3n) is 1.28. The highest BCUT2D eigenvalue weighted by Crippen LogP contribution is 1.96. The summed E-state index contributed by atoms with van der Waals surface area (Å²) in [6.45, 7) is 4.50. The first-order valence-electron chi connectivity index (χ1n) is 4.30. The molecule has 0 heterocycles. The van der Waals surface area contributed by atoms with Gasteiger partial charge in [-0.1, -0.05) is 26.0 Å². The second-order valence-electron chi connectivity index (χ2n) is 3.23. The van der Waals surface area contributed by atoms with Gasteiger partial charge in [-0.25, -0.2) is 13.1 Å². The van der Waals surface area contributed by atoms with E-state index in [1.165, 1.54) is 0 Å². The van der Waals surface area contributed by atoms with Gasteiger partial charge in [0.1, 0.15) is 0 Å². The van der Waals surface area contributed by atoms with E-state index in [0.717, 1.165) is 0 Å². The van der Waals surface area contributed by atoms with Crippen molar-refractivity contribution in [3.05, 3.63) is 12.2 Å². The van der Waals surface area contributed by atoms with Crippen molar-refractivity contribution < 1.29 is 8.42 Å². The maximum atomic E-state index is 11.2. The summed E-state index contributed by atoms with van der Waals surface area (Å²) in [7, 11) is -3.10. The van der Waals surface area contributed by atoms with Crippen molar-refractivity contribution >= 4 is 10.0 Å². The molecule has 0 saturated carbocycles. The van der Waals surface area contributed by atoms with Gasteiger partial charge in [0.2, 0.25) is 10.0 Å². The van der Waals surface area contributed by atoms with Crippen LogP contribution in [0.4, 0.5) is 0 Å². The van der Waals surface area contributed by atoms with Crippen molar-refractivity contribution in [1.82, 2.24) is 4.72 Å². The normalized spacial score (nSPS) is 12.9. The Labute approximate surface area is 80.3 Å². The van der Waals surface area contributed by atoms with E-state index in [0.29, 0.717) is 13.1 Å². The van der Waals surface area contributed by atoms with Crippen LogP contribution in [0.3, 0.4) is 0 Å². The first-order chi connectivity index (χ1) is 5.98. The average molecular weight is 206 g/mol. The Hall–Kier alpha value is -0.390. The molecule has 0 radical (unpaired) electrons. The second-order valence-corrected chi connectivity index (χ2v) is 5.08. The SMILES string of the molecule is CC(C)CS(=O)(=O)NC/C=C/CN. The Morgan fingerprint density at radius 1 is 1.38 bits per heavy atom. The van der Waals surface area contributed by atoms with Crippen LogP contribution in [0.15, 0.2) is 12.2 Å². The molecule has 0 aromatic carbocycles. The van der Waals surface area contributed by atoms with E-state index < -0.39 is 10.0 Å². The summed E-state index contributed by atoms with van der Waals surface area (Å²) in [6.07, 6.45) is 3.43. The lowest BCUT2D eigenvalue weighted by molar-refractivity contribution is 0.572. The monoisotopic (exact) mass is 206 g/mol. The molecule has 0 spiro atoms. The fourth-order valence-electron chi connectivity index (χ4n) is 0.852. The zero-order valence-electron chi connectivity index (χ0n) is 8.16. The summed E-state index contributed by atoms with van der Waals surface area (Å²) >= 11 is 0. The van der Waals surface area contributed by atoms with Crippen molar-refractivity contribution in [1.29, 1.82) is 0 Å². The van der Waals surface area contributed by atoms with Gasteiger partial charge in [0.05, 0.1) is 5.75 Å². The zero-order valence-corrected chi connectivity index (χ0v) is 8.97. The maximum Gasteiger partial charge on any atom is 0.212 e. The van der Waals surface area contributed by atoms with Crippen LogP contribution in [-0.2, 0) is 10.0 Å². The van der Waals surface area contributed by atoms with E-state index in [4.69, 9.17) is 5.73 Å². The molecule has 0 amide bonds. The summed E-state index contributed by atoms with van der Waals surface area (Å²) in [6, 6.07) is 0. The summed E-state index contributed by atoms with van der Waals surface area (Å²) in [5.74, 6) is 0.319. The molecule has 78 valence electrons. The van der Waals surface area contributed by atoms with Gasteiger partial charge in [-0.2, -0.15) is 0 Å². The average Bonchev–Trinajstić information content (AvgIpc) is 1.95. The molecule has 0 aromatic rings. The van der Waals surface area contributed by atoms with Crippen molar-refractivity contribution in [2.45, 2.75) is 13.8 Å². The van der Waals surface area contributed by atoms with E-state index in [1.54, 1.807) is 12.2 Å². The van der Waals surface area contributed by atoms with E-state index in [2.05, 4.69) is 4.72 Å². The number of nitrogens with two attached hydrogens (primary N) is 1. The van der Waals surface area contributed by atoms with Crippen molar-refractivity contribution in [2.75, 3.05) is 18.8 Å². The molecule has 0 saturated heterocycles. The number of hydrogen-bond donors (Lipinski definition) is 2. The third-order valence-corrected chi connectivity index (χ3v) is 2.99. The molecule has 0 unspecified atom stereocenters.